The molecule has 1 rings (SSSR count). The van der Waals surface area contributed by atoms with Crippen molar-refractivity contribution in [2.24, 2.45) is 0 Å². The Balaban J connectivity index is 3.29. The van der Waals surface area contributed by atoms with Crippen LogP contribution in [-0.2, 0) is 14.3 Å². The Morgan fingerprint density at radius 2 is 1.77 bits per heavy atom. The molecule has 0 spiro atoms. The van der Waals surface area contributed by atoms with Gasteiger partial charge in [-0.2, -0.15) is 8.42 Å². The number of ether oxygens (including phenoxy) is 1. The van der Waals surface area contributed by atoms with E-state index >= 15 is 0 Å². The van der Waals surface area contributed by atoms with Crippen LogP contribution in [0.3, 0.4) is 0 Å². The van der Waals surface area contributed by atoms with E-state index in [4.69, 9.17) is 4.74 Å². The Morgan fingerprint density at radius 1 is 1.15 bits per heavy atom. The molecule has 0 aliphatic rings. The molecule has 0 bridgehead atoms. The maximum atomic E-state index is 11.3. The number of hydrogen-bond donors (Lipinski definition) is 0. The lowest BCUT2D eigenvalue weighted by molar-refractivity contribution is 0.378. The Bertz CT molecular complexity index is 383. The molecular weight excluding hydrogens is 192 g/mol. The zero-order valence-electron chi connectivity index (χ0n) is 7.35. The van der Waals surface area contributed by atoms with Crippen LogP contribution in [0.5, 0.6) is 5.75 Å². The molecule has 4 nitrogen and oxygen atoms in total. The van der Waals surface area contributed by atoms with Gasteiger partial charge < -0.3 is 4.74 Å². The smallest absolute Gasteiger partial charge is 0.300 e. The molecule has 0 heterocycles. The second-order valence-electron chi connectivity index (χ2n) is 2.27. The first-order valence-corrected chi connectivity index (χ1v) is 4.96. The lowest BCUT2D eigenvalue weighted by atomic mass is 10.3. The molecule has 0 unspecified atom stereocenters. The molecule has 1 aromatic carbocycles. The fraction of sp³-hybridized carbons (Fsp3) is 0.250. The van der Waals surface area contributed by atoms with E-state index in [1.165, 1.54) is 13.2 Å². The van der Waals surface area contributed by atoms with E-state index in [9.17, 15) is 8.42 Å². The van der Waals surface area contributed by atoms with Crippen molar-refractivity contribution in [2.75, 3.05) is 14.2 Å². The van der Waals surface area contributed by atoms with Gasteiger partial charge in [-0.1, -0.05) is 12.1 Å². The quantitative estimate of drug-likeness (QED) is 0.687. The van der Waals surface area contributed by atoms with Crippen LogP contribution in [0, 0.1) is 0 Å². The molecule has 0 aromatic heterocycles. The minimum absolute atomic E-state index is 0.0417. The van der Waals surface area contributed by atoms with Crippen molar-refractivity contribution in [1.29, 1.82) is 0 Å². The third-order valence-electron chi connectivity index (χ3n) is 1.56. The molecule has 72 valence electrons. The molecule has 0 radical (unpaired) electrons. The van der Waals surface area contributed by atoms with Crippen LogP contribution in [0.1, 0.15) is 0 Å². The van der Waals surface area contributed by atoms with Crippen LogP contribution < -0.4 is 4.74 Å². The van der Waals surface area contributed by atoms with Gasteiger partial charge in [-0.25, -0.2) is 0 Å². The van der Waals surface area contributed by atoms with Gasteiger partial charge in [0.2, 0.25) is 0 Å². The van der Waals surface area contributed by atoms with E-state index in [2.05, 4.69) is 4.18 Å². The SMILES string of the molecule is COc1ccccc1S(=O)(=O)OC. The number of benzene rings is 1. The molecule has 0 amide bonds. The van der Waals surface area contributed by atoms with Crippen LogP contribution >= 0.6 is 0 Å². The Labute approximate surface area is 77.2 Å². The van der Waals surface area contributed by atoms with Crippen molar-refractivity contribution >= 4 is 10.1 Å². The van der Waals surface area contributed by atoms with Gasteiger partial charge in [0, 0.05) is 0 Å². The monoisotopic (exact) mass is 202 g/mol. The second kappa shape index (κ2) is 3.76. The van der Waals surface area contributed by atoms with Gasteiger partial charge in [-0.15, -0.1) is 0 Å². The summed E-state index contributed by atoms with van der Waals surface area (Å²) in [5.41, 5.74) is 0. The lowest BCUT2D eigenvalue weighted by Crippen LogP contribution is -2.04. The fourth-order valence-corrected chi connectivity index (χ4v) is 1.74. The summed E-state index contributed by atoms with van der Waals surface area (Å²) >= 11 is 0. The van der Waals surface area contributed by atoms with E-state index < -0.39 is 10.1 Å². The fourth-order valence-electron chi connectivity index (χ4n) is 0.915. The molecular formula is C8H10O4S. The van der Waals surface area contributed by atoms with E-state index in [1.807, 2.05) is 0 Å². The van der Waals surface area contributed by atoms with Gasteiger partial charge >= 0.3 is 0 Å². The number of hydrogen-bond acceptors (Lipinski definition) is 4. The Kier molecular flexibility index (Phi) is 2.90. The highest BCUT2D eigenvalue weighted by Crippen LogP contribution is 2.23. The number of methoxy groups -OCH3 is 1. The summed E-state index contributed by atoms with van der Waals surface area (Å²) in [6, 6.07) is 6.28. The predicted molar refractivity (Wildman–Crippen MR) is 47.2 cm³/mol. The maximum Gasteiger partial charge on any atom is 0.300 e. The summed E-state index contributed by atoms with van der Waals surface area (Å²) in [6.45, 7) is 0. The Morgan fingerprint density at radius 3 is 2.31 bits per heavy atom. The molecule has 1 aromatic rings. The summed E-state index contributed by atoms with van der Waals surface area (Å²) < 4.78 is 31.8. The summed E-state index contributed by atoms with van der Waals surface area (Å²) in [6.07, 6.45) is 0. The number of para-hydroxylation sites is 1. The van der Waals surface area contributed by atoms with Crippen molar-refractivity contribution in [3.8, 4) is 5.75 Å². The van der Waals surface area contributed by atoms with Gasteiger partial charge in [0.15, 0.2) is 0 Å². The molecule has 0 aliphatic carbocycles. The molecule has 0 fully saturated rings. The highest BCUT2D eigenvalue weighted by molar-refractivity contribution is 7.86. The first-order valence-electron chi connectivity index (χ1n) is 3.55. The van der Waals surface area contributed by atoms with Gasteiger partial charge in [-0.05, 0) is 12.1 Å². The summed E-state index contributed by atoms with van der Waals surface area (Å²) in [5.74, 6) is 0.282. The van der Waals surface area contributed by atoms with E-state index in [0.29, 0.717) is 0 Å². The average molecular weight is 202 g/mol. The topological polar surface area (TPSA) is 52.6 Å². The predicted octanol–water partition coefficient (Wildman–Crippen LogP) is 1.03. The third kappa shape index (κ3) is 1.99. The van der Waals surface area contributed by atoms with Gasteiger partial charge in [0.05, 0.1) is 14.2 Å². The molecule has 0 aliphatic heterocycles. The van der Waals surface area contributed by atoms with Gasteiger partial charge in [0.1, 0.15) is 10.6 Å². The second-order valence-corrected chi connectivity index (χ2v) is 3.95. The zero-order chi connectivity index (χ0) is 9.90. The Hall–Kier alpha value is -1.07. The summed E-state index contributed by atoms with van der Waals surface area (Å²) in [7, 11) is -1.15. The summed E-state index contributed by atoms with van der Waals surface area (Å²) in [4.78, 5) is 0.0417. The van der Waals surface area contributed by atoms with Crippen molar-refractivity contribution < 1.29 is 17.3 Å². The molecule has 13 heavy (non-hydrogen) atoms. The highest BCUT2D eigenvalue weighted by atomic mass is 32.2. The van der Waals surface area contributed by atoms with Crippen molar-refractivity contribution in [2.45, 2.75) is 4.90 Å². The highest BCUT2D eigenvalue weighted by Gasteiger charge is 2.17. The molecule has 0 saturated carbocycles. The molecule has 0 N–H and O–H groups in total. The van der Waals surface area contributed by atoms with Crippen LogP contribution in [-0.4, -0.2) is 22.6 Å². The average Bonchev–Trinajstić information content (AvgIpc) is 2.18. The largest absolute Gasteiger partial charge is 0.495 e. The van der Waals surface area contributed by atoms with Crippen LogP contribution in [0.15, 0.2) is 29.2 Å². The first-order chi connectivity index (χ1) is 6.11. The van der Waals surface area contributed by atoms with E-state index in [0.717, 1.165) is 7.11 Å². The molecule has 0 saturated heterocycles. The van der Waals surface area contributed by atoms with Crippen molar-refractivity contribution in [3.63, 3.8) is 0 Å². The zero-order valence-corrected chi connectivity index (χ0v) is 8.17. The number of rotatable bonds is 3. The molecule has 5 heteroatoms. The minimum Gasteiger partial charge on any atom is -0.495 e. The standard InChI is InChI=1S/C8H10O4S/c1-11-7-5-3-4-6-8(7)13(9,10)12-2/h3-6H,1-2H3. The van der Waals surface area contributed by atoms with Crippen LogP contribution in [0.2, 0.25) is 0 Å². The summed E-state index contributed by atoms with van der Waals surface area (Å²) in [5, 5.41) is 0. The normalized spacial score (nSPS) is 11.2. The lowest BCUT2D eigenvalue weighted by Gasteiger charge is -2.06. The van der Waals surface area contributed by atoms with E-state index in [1.54, 1.807) is 18.2 Å². The van der Waals surface area contributed by atoms with E-state index in [-0.39, 0.29) is 10.6 Å². The van der Waals surface area contributed by atoms with Gasteiger partial charge in [0.25, 0.3) is 10.1 Å². The van der Waals surface area contributed by atoms with Crippen LogP contribution in [0.25, 0.3) is 0 Å². The minimum atomic E-state index is -3.67. The third-order valence-corrected chi connectivity index (χ3v) is 2.87. The van der Waals surface area contributed by atoms with Crippen molar-refractivity contribution in [3.05, 3.63) is 24.3 Å². The first kappa shape index (κ1) is 10.0. The maximum absolute atomic E-state index is 11.3. The molecule has 0 atom stereocenters. The van der Waals surface area contributed by atoms with Gasteiger partial charge in [-0.3, -0.25) is 4.18 Å². The van der Waals surface area contributed by atoms with Crippen molar-refractivity contribution in [1.82, 2.24) is 0 Å². The van der Waals surface area contributed by atoms with Crippen LogP contribution in [0.4, 0.5) is 0 Å².